The van der Waals surface area contributed by atoms with Crippen molar-refractivity contribution in [2.45, 2.75) is 39.5 Å². The van der Waals surface area contributed by atoms with Crippen LogP contribution in [0.4, 0.5) is 0 Å². The van der Waals surface area contributed by atoms with Gasteiger partial charge in [-0.2, -0.15) is 0 Å². The highest BCUT2D eigenvalue weighted by Gasteiger charge is 2.18. The van der Waals surface area contributed by atoms with Crippen molar-refractivity contribution in [2.24, 2.45) is 16.8 Å². The van der Waals surface area contributed by atoms with Gasteiger partial charge in [0.15, 0.2) is 5.96 Å². The fourth-order valence-electron chi connectivity index (χ4n) is 3.31. The minimum Gasteiger partial charge on any atom is -0.356 e. The first-order valence-electron chi connectivity index (χ1n) is 9.40. The van der Waals surface area contributed by atoms with Gasteiger partial charge in [-0.3, -0.25) is 4.99 Å². The van der Waals surface area contributed by atoms with Crippen LogP contribution in [0.15, 0.2) is 22.5 Å². The van der Waals surface area contributed by atoms with Crippen molar-refractivity contribution >= 4 is 41.3 Å². The average molecular weight is 478 g/mol. The second kappa shape index (κ2) is 12.9. The molecule has 2 rings (SSSR count). The number of aliphatic imine (C=N–C) groups is 1. The monoisotopic (exact) mass is 478 g/mol. The summed E-state index contributed by atoms with van der Waals surface area (Å²) in [5, 5.41) is 9.16. The number of nitrogens with zero attached hydrogens (tertiary/aromatic N) is 2. The Morgan fingerprint density at radius 1 is 1.36 bits per heavy atom. The Balaban J connectivity index is 0.00000312. The molecule has 0 aliphatic carbocycles. The van der Waals surface area contributed by atoms with Gasteiger partial charge in [0.2, 0.25) is 0 Å². The third kappa shape index (κ3) is 8.73. The van der Waals surface area contributed by atoms with Crippen molar-refractivity contribution in [3.05, 3.63) is 22.4 Å². The summed E-state index contributed by atoms with van der Waals surface area (Å²) in [6.07, 6.45) is 5.01. The molecular weight excluding hydrogens is 443 g/mol. The van der Waals surface area contributed by atoms with E-state index in [1.54, 1.807) is 0 Å². The number of rotatable bonds is 8. The second-order valence-electron chi connectivity index (χ2n) is 7.01. The maximum Gasteiger partial charge on any atom is 0.190 e. The molecule has 25 heavy (non-hydrogen) atoms. The van der Waals surface area contributed by atoms with Crippen LogP contribution >= 0.6 is 35.3 Å². The third-order valence-electron chi connectivity index (χ3n) is 4.78. The lowest BCUT2D eigenvalue weighted by atomic mass is 9.97. The maximum atomic E-state index is 4.37. The molecule has 1 unspecified atom stereocenters. The molecule has 2 heterocycles. The number of guanidine groups is 1. The van der Waals surface area contributed by atoms with E-state index < -0.39 is 0 Å². The molecule has 1 aromatic rings. The lowest BCUT2D eigenvalue weighted by Crippen LogP contribution is -2.44. The summed E-state index contributed by atoms with van der Waals surface area (Å²) in [7, 11) is 1.86. The fraction of sp³-hybridized carbons (Fsp3) is 0.737. The molecular formula is C19H35IN4S. The standard InChI is InChI=1S/C19H34N4S.HI/c1-4-9-23-10-7-17(8-11-23)15-22-19(20-3)21-14-16(2)13-18-6-5-12-24-18;/h5-6,12,16-17H,4,7-11,13-15H2,1-3H3,(H2,20,21,22);1H. The number of likely N-dealkylation sites (tertiary alicyclic amines) is 1. The van der Waals surface area contributed by atoms with E-state index in [2.05, 4.69) is 51.9 Å². The highest BCUT2D eigenvalue weighted by Crippen LogP contribution is 2.16. The Morgan fingerprint density at radius 2 is 2.12 bits per heavy atom. The second-order valence-corrected chi connectivity index (χ2v) is 8.04. The Hall–Kier alpha value is -0.340. The van der Waals surface area contributed by atoms with E-state index >= 15 is 0 Å². The zero-order chi connectivity index (χ0) is 17.2. The van der Waals surface area contributed by atoms with E-state index in [4.69, 9.17) is 0 Å². The van der Waals surface area contributed by atoms with E-state index in [1.165, 1.54) is 43.8 Å². The van der Waals surface area contributed by atoms with Crippen molar-refractivity contribution in [3.8, 4) is 0 Å². The Bertz CT molecular complexity index is 470. The molecule has 0 radical (unpaired) electrons. The van der Waals surface area contributed by atoms with Crippen LogP contribution in [0.25, 0.3) is 0 Å². The van der Waals surface area contributed by atoms with Crippen LogP contribution in [-0.4, -0.2) is 50.6 Å². The number of piperidine rings is 1. The summed E-state index contributed by atoms with van der Waals surface area (Å²) >= 11 is 1.85. The Kier molecular flexibility index (Phi) is 11.7. The maximum absolute atomic E-state index is 4.37. The number of hydrogen-bond donors (Lipinski definition) is 2. The van der Waals surface area contributed by atoms with Crippen molar-refractivity contribution in [1.82, 2.24) is 15.5 Å². The molecule has 1 fully saturated rings. The first-order valence-corrected chi connectivity index (χ1v) is 10.3. The van der Waals surface area contributed by atoms with Gasteiger partial charge in [-0.05, 0) is 68.6 Å². The zero-order valence-corrected chi connectivity index (χ0v) is 19.1. The normalized spacial score (nSPS) is 17.8. The van der Waals surface area contributed by atoms with Crippen LogP contribution < -0.4 is 10.6 Å². The van der Waals surface area contributed by atoms with Gasteiger partial charge in [0.1, 0.15) is 0 Å². The highest BCUT2D eigenvalue weighted by atomic mass is 127. The van der Waals surface area contributed by atoms with Crippen molar-refractivity contribution < 1.29 is 0 Å². The largest absolute Gasteiger partial charge is 0.356 e. The van der Waals surface area contributed by atoms with Gasteiger partial charge in [0, 0.05) is 25.0 Å². The van der Waals surface area contributed by atoms with Crippen LogP contribution in [0, 0.1) is 11.8 Å². The van der Waals surface area contributed by atoms with E-state index in [-0.39, 0.29) is 24.0 Å². The zero-order valence-electron chi connectivity index (χ0n) is 16.0. The molecule has 1 atom stereocenters. The van der Waals surface area contributed by atoms with E-state index in [0.29, 0.717) is 5.92 Å². The molecule has 1 saturated heterocycles. The molecule has 0 bridgehead atoms. The summed E-state index contributed by atoms with van der Waals surface area (Å²) in [6.45, 7) is 10.3. The van der Waals surface area contributed by atoms with Crippen LogP contribution in [0.3, 0.4) is 0 Å². The lowest BCUT2D eigenvalue weighted by molar-refractivity contribution is 0.185. The Morgan fingerprint density at radius 3 is 2.72 bits per heavy atom. The number of hydrogen-bond acceptors (Lipinski definition) is 3. The van der Waals surface area contributed by atoms with Crippen molar-refractivity contribution in [1.29, 1.82) is 0 Å². The number of halogens is 1. The molecule has 0 aromatic carbocycles. The van der Waals surface area contributed by atoms with Gasteiger partial charge in [0.05, 0.1) is 0 Å². The number of nitrogens with one attached hydrogen (secondary N) is 2. The van der Waals surface area contributed by atoms with Gasteiger partial charge in [-0.25, -0.2) is 0 Å². The molecule has 6 heteroatoms. The minimum atomic E-state index is 0. The highest BCUT2D eigenvalue weighted by molar-refractivity contribution is 14.0. The van der Waals surface area contributed by atoms with Gasteiger partial charge < -0.3 is 15.5 Å². The van der Waals surface area contributed by atoms with Crippen molar-refractivity contribution in [2.75, 3.05) is 39.8 Å². The predicted octanol–water partition coefficient (Wildman–Crippen LogP) is 3.83. The van der Waals surface area contributed by atoms with Gasteiger partial charge >= 0.3 is 0 Å². The van der Waals surface area contributed by atoms with Crippen LogP contribution in [0.1, 0.15) is 38.0 Å². The predicted molar refractivity (Wildman–Crippen MR) is 121 cm³/mol. The summed E-state index contributed by atoms with van der Waals surface area (Å²) in [4.78, 5) is 8.43. The first-order chi connectivity index (χ1) is 11.7. The molecule has 0 spiro atoms. The molecule has 1 aliphatic heterocycles. The SMILES string of the molecule is CCCN1CCC(CNC(=NC)NCC(C)Cc2cccs2)CC1.I. The molecule has 144 valence electrons. The molecule has 1 aromatic heterocycles. The number of thiophene rings is 1. The summed E-state index contributed by atoms with van der Waals surface area (Å²) < 4.78 is 0. The summed E-state index contributed by atoms with van der Waals surface area (Å²) in [6, 6.07) is 4.35. The summed E-state index contributed by atoms with van der Waals surface area (Å²) in [5.74, 6) is 2.34. The average Bonchev–Trinajstić information content (AvgIpc) is 3.09. The summed E-state index contributed by atoms with van der Waals surface area (Å²) in [5.41, 5.74) is 0. The van der Waals surface area contributed by atoms with Gasteiger partial charge in [-0.15, -0.1) is 35.3 Å². The molecule has 1 aliphatic rings. The Labute approximate surface area is 174 Å². The topological polar surface area (TPSA) is 39.7 Å². The van der Waals surface area contributed by atoms with Crippen molar-refractivity contribution in [3.63, 3.8) is 0 Å². The van der Waals surface area contributed by atoms with Crippen LogP contribution in [0.2, 0.25) is 0 Å². The quantitative estimate of drug-likeness (QED) is 0.339. The molecule has 0 amide bonds. The lowest BCUT2D eigenvalue weighted by Gasteiger charge is -2.32. The molecule has 2 N–H and O–H groups in total. The smallest absolute Gasteiger partial charge is 0.190 e. The minimum absolute atomic E-state index is 0. The first kappa shape index (κ1) is 22.7. The van der Waals surface area contributed by atoms with E-state index in [1.807, 2.05) is 18.4 Å². The molecule has 0 saturated carbocycles. The van der Waals surface area contributed by atoms with E-state index in [0.717, 1.165) is 31.4 Å². The van der Waals surface area contributed by atoms with Crippen LogP contribution in [0.5, 0.6) is 0 Å². The van der Waals surface area contributed by atoms with Gasteiger partial charge in [0.25, 0.3) is 0 Å². The van der Waals surface area contributed by atoms with Gasteiger partial charge in [-0.1, -0.05) is 19.9 Å². The fourth-order valence-corrected chi connectivity index (χ4v) is 4.18. The third-order valence-corrected chi connectivity index (χ3v) is 5.68. The van der Waals surface area contributed by atoms with Crippen LogP contribution in [-0.2, 0) is 6.42 Å². The molecule has 4 nitrogen and oxygen atoms in total. The van der Waals surface area contributed by atoms with E-state index in [9.17, 15) is 0 Å².